The van der Waals surface area contributed by atoms with Gasteiger partial charge in [0.05, 0.1) is 13.2 Å². The fraction of sp³-hybridized carbons (Fsp3) is 0.609. The van der Waals surface area contributed by atoms with Crippen LogP contribution in [-0.2, 0) is 9.59 Å². The van der Waals surface area contributed by atoms with Crippen LogP contribution in [-0.4, -0.2) is 85.0 Å². The molecule has 2 heterocycles. The fourth-order valence-electron chi connectivity index (χ4n) is 3.75. The SMILES string of the molecule is CCCOc1ccc(NC(=O)N2CCN(C(=O)C(=O)N3CCCC3)CC2)cc1OCCC. The molecule has 0 saturated carbocycles. The summed E-state index contributed by atoms with van der Waals surface area (Å²) in [6.45, 7) is 7.98. The van der Waals surface area contributed by atoms with Gasteiger partial charge in [-0.2, -0.15) is 0 Å². The number of likely N-dealkylation sites (tertiary alicyclic amines) is 1. The van der Waals surface area contributed by atoms with E-state index in [4.69, 9.17) is 9.47 Å². The van der Waals surface area contributed by atoms with Gasteiger partial charge in [0.1, 0.15) is 0 Å². The highest BCUT2D eigenvalue weighted by atomic mass is 16.5. The molecule has 176 valence electrons. The van der Waals surface area contributed by atoms with E-state index in [-0.39, 0.29) is 6.03 Å². The number of hydrogen-bond acceptors (Lipinski definition) is 5. The Bertz CT molecular complexity index is 802. The summed E-state index contributed by atoms with van der Waals surface area (Å²) in [5, 5.41) is 2.90. The zero-order valence-corrected chi connectivity index (χ0v) is 19.1. The largest absolute Gasteiger partial charge is 0.490 e. The molecular formula is C23H34N4O5. The van der Waals surface area contributed by atoms with E-state index in [1.165, 1.54) is 0 Å². The summed E-state index contributed by atoms with van der Waals surface area (Å²) in [4.78, 5) is 42.3. The van der Waals surface area contributed by atoms with Gasteiger partial charge in [-0.15, -0.1) is 0 Å². The van der Waals surface area contributed by atoms with E-state index in [2.05, 4.69) is 5.32 Å². The Labute approximate surface area is 189 Å². The van der Waals surface area contributed by atoms with Gasteiger partial charge in [0.15, 0.2) is 11.5 Å². The Morgan fingerprint density at radius 2 is 1.31 bits per heavy atom. The number of amides is 4. The van der Waals surface area contributed by atoms with Crippen molar-refractivity contribution in [3.05, 3.63) is 18.2 Å². The van der Waals surface area contributed by atoms with Gasteiger partial charge in [0.2, 0.25) is 0 Å². The van der Waals surface area contributed by atoms with Crippen molar-refractivity contribution >= 4 is 23.5 Å². The van der Waals surface area contributed by atoms with E-state index in [0.29, 0.717) is 69.7 Å². The lowest BCUT2D eigenvalue weighted by Gasteiger charge is -2.35. The number of nitrogens with zero attached hydrogens (tertiary/aromatic N) is 3. The molecule has 0 radical (unpaired) electrons. The predicted octanol–water partition coefficient (Wildman–Crippen LogP) is 2.56. The average Bonchev–Trinajstić information content (AvgIpc) is 3.36. The van der Waals surface area contributed by atoms with Crippen molar-refractivity contribution in [2.75, 3.05) is 57.8 Å². The maximum atomic E-state index is 12.7. The normalized spacial score (nSPS) is 16.1. The van der Waals surface area contributed by atoms with Gasteiger partial charge in [-0.25, -0.2) is 4.79 Å². The Morgan fingerprint density at radius 3 is 1.91 bits per heavy atom. The molecule has 2 aliphatic rings. The molecule has 0 atom stereocenters. The van der Waals surface area contributed by atoms with Crippen LogP contribution in [0, 0.1) is 0 Å². The maximum absolute atomic E-state index is 12.7. The van der Waals surface area contributed by atoms with Gasteiger partial charge in [0.25, 0.3) is 0 Å². The molecule has 32 heavy (non-hydrogen) atoms. The van der Waals surface area contributed by atoms with E-state index < -0.39 is 11.8 Å². The summed E-state index contributed by atoms with van der Waals surface area (Å²) in [7, 11) is 0. The highest BCUT2D eigenvalue weighted by Crippen LogP contribution is 2.31. The molecule has 9 heteroatoms. The number of ether oxygens (including phenoxy) is 2. The molecule has 2 fully saturated rings. The molecule has 0 aliphatic carbocycles. The lowest BCUT2D eigenvalue weighted by molar-refractivity contribution is -0.152. The lowest BCUT2D eigenvalue weighted by Crippen LogP contribution is -2.54. The summed E-state index contributed by atoms with van der Waals surface area (Å²) in [5.41, 5.74) is 0.618. The van der Waals surface area contributed by atoms with Crippen LogP contribution in [0.3, 0.4) is 0 Å². The number of urea groups is 1. The Balaban J connectivity index is 1.53. The third-order valence-corrected chi connectivity index (χ3v) is 5.55. The molecular weight excluding hydrogens is 412 g/mol. The summed E-state index contributed by atoms with van der Waals surface area (Å²) >= 11 is 0. The van der Waals surface area contributed by atoms with Crippen molar-refractivity contribution in [2.45, 2.75) is 39.5 Å². The highest BCUT2D eigenvalue weighted by Gasteiger charge is 2.31. The first-order chi connectivity index (χ1) is 15.5. The first-order valence-corrected chi connectivity index (χ1v) is 11.6. The maximum Gasteiger partial charge on any atom is 0.321 e. The van der Waals surface area contributed by atoms with Gasteiger partial charge in [-0.05, 0) is 37.8 Å². The number of anilines is 1. The summed E-state index contributed by atoms with van der Waals surface area (Å²) < 4.78 is 11.5. The molecule has 1 N–H and O–H groups in total. The van der Waals surface area contributed by atoms with Crippen LogP contribution >= 0.6 is 0 Å². The molecule has 0 unspecified atom stereocenters. The second-order valence-electron chi connectivity index (χ2n) is 8.07. The van der Waals surface area contributed by atoms with E-state index in [1.54, 1.807) is 32.9 Å². The number of carbonyl (C=O) groups is 3. The van der Waals surface area contributed by atoms with Gasteiger partial charge < -0.3 is 29.5 Å². The first kappa shape index (κ1) is 23.7. The summed E-state index contributed by atoms with van der Waals surface area (Å²) in [5.74, 6) is 0.375. The second-order valence-corrected chi connectivity index (χ2v) is 8.07. The molecule has 0 bridgehead atoms. The number of hydrogen-bond donors (Lipinski definition) is 1. The zero-order valence-electron chi connectivity index (χ0n) is 19.1. The minimum Gasteiger partial charge on any atom is -0.490 e. The van der Waals surface area contributed by atoms with Gasteiger partial charge in [0, 0.05) is 51.0 Å². The third-order valence-electron chi connectivity index (χ3n) is 5.55. The molecule has 1 aromatic rings. The van der Waals surface area contributed by atoms with Crippen LogP contribution in [0.1, 0.15) is 39.5 Å². The van der Waals surface area contributed by atoms with E-state index >= 15 is 0 Å². The van der Waals surface area contributed by atoms with Crippen LogP contribution in [0.25, 0.3) is 0 Å². The van der Waals surface area contributed by atoms with Gasteiger partial charge in [-0.3, -0.25) is 9.59 Å². The van der Waals surface area contributed by atoms with E-state index in [1.807, 2.05) is 13.8 Å². The Morgan fingerprint density at radius 1 is 0.781 bits per heavy atom. The summed E-state index contributed by atoms with van der Waals surface area (Å²) in [6, 6.07) is 5.12. The topological polar surface area (TPSA) is 91.4 Å². The van der Waals surface area contributed by atoms with Crippen molar-refractivity contribution in [3.8, 4) is 11.5 Å². The fourth-order valence-corrected chi connectivity index (χ4v) is 3.75. The number of benzene rings is 1. The summed E-state index contributed by atoms with van der Waals surface area (Å²) in [6.07, 6.45) is 3.66. The number of carbonyl (C=O) groups excluding carboxylic acids is 3. The number of rotatable bonds is 7. The number of piperazine rings is 1. The number of nitrogens with one attached hydrogen (secondary N) is 1. The van der Waals surface area contributed by atoms with Gasteiger partial charge in [-0.1, -0.05) is 13.8 Å². The van der Waals surface area contributed by atoms with Crippen molar-refractivity contribution < 1.29 is 23.9 Å². The standard InChI is InChI=1S/C23H34N4O5/c1-3-15-31-19-8-7-18(17-20(19)32-16-4-2)24-23(30)27-13-11-26(12-14-27)22(29)21(28)25-9-5-6-10-25/h7-8,17H,3-6,9-16H2,1-2H3,(H,24,30). The monoisotopic (exact) mass is 446 g/mol. The van der Waals surface area contributed by atoms with Crippen molar-refractivity contribution in [1.29, 1.82) is 0 Å². The van der Waals surface area contributed by atoms with Crippen molar-refractivity contribution in [2.24, 2.45) is 0 Å². The lowest BCUT2D eigenvalue weighted by atomic mass is 10.2. The molecule has 2 aliphatic heterocycles. The highest BCUT2D eigenvalue weighted by molar-refractivity contribution is 6.35. The average molecular weight is 447 g/mol. The van der Waals surface area contributed by atoms with Crippen LogP contribution in [0.2, 0.25) is 0 Å². The van der Waals surface area contributed by atoms with Crippen molar-refractivity contribution in [1.82, 2.24) is 14.7 Å². The van der Waals surface area contributed by atoms with E-state index in [9.17, 15) is 14.4 Å². The zero-order chi connectivity index (χ0) is 22.9. The molecule has 0 aromatic heterocycles. The first-order valence-electron chi connectivity index (χ1n) is 11.6. The minimum absolute atomic E-state index is 0.244. The molecule has 2 saturated heterocycles. The Hall–Kier alpha value is -2.97. The Kier molecular flexibility index (Phi) is 8.58. The van der Waals surface area contributed by atoms with Crippen LogP contribution in [0.4, 0.5) is 10.5 Å². The predicted molar refractivity (Wildman–Crippen MR) is 121 cm³/mol. The quantitative estimate of drug-likeness (QED) is 0.650. The third kappa shape index (κ3) is 6.05. The van der Waals surface area contributed by atoms with Crippen molar-refractivity contribution in [3.63, 3.8) is 0 Å². The van der Waals surface area contributed by atoms with Crippen LogP contribution in [0.15, 0.2) is 18.2 Å². The molecule has 9 nitrogen and oxygen atoms in total. The van der Waals surface area contributed by atoms with Crippen LogP contribution in [0.5, 0.6) is 11.5 Å². The minimum atomic E-state index is -0.465. The molecule has 0 spiro atoms. The smallest absolute Gasteiger partial charge is 0.321 e. The molecule has 4 amide bonds. The molecule has 3 rings (SSSR count). The second kappa shape index (κ2) is 11.6. The van der Waals surface area contributed by atoms with E-state index in [0.717, 1.165) is 25.7 Å². The van der Waals surface area contributed by atoms with Gasteiger partial charge >= 0.3 is 17.8 Å². The van der Waals surface area contributed by atoms with Crippen LogP contribution < -0.4 is 14.8 Å². The molecule has 1 aromatic carbocycles.